The van der Waals surface area contributed by atoms with E-state index in [9.17, 15) is 4.21 Å². The highest BCUT2D eigenvalue weighted by atomic mass is 79.9. The van der Waals surface area contributed by atoms with Gasteiger partial charge in [-0.15, -0.1) is 0 Å². The van der Waals surface area contributed by atoms with Gasteiger partial charge < -0.3 is 5.32 Å². The standard InChI is InChI=1S/C11H18BrN3OS/c1-3-15-10(11(12)8(2)14-15)7-17(16)6-9-4-13-5-9/h9,13H,3-7H2,1-2H3. The van der Waals surface area contributed by atoms with Gasteiger partial charge in [-0.1, -0.05) is 0 Å². The first-order valence-electron chi connectivity index (χ1n) is 5.89. The molecule has 96 valence electrons. The van der Waals surface area contributed by atoms with Gasteiger partial charge >= 0.3 is 0 Å². The van der Waals surface area contributed by atoms with Gasteiger partial charge in [-0.05, 0) is 35.7 Å². The summed E-state index contributed by atoms with van der Waals surface area (Å²) in [6.07, 6.45) is 0. The fourth-order valence-corrected chi connectivity index (χ4v) is 4.03. The van der Waals surface area contributed by atoms with Crippen LogP contribution >= 0.6 is 15.9 Å². The molecule has 0 radical (unpaired) electrons. The quantitative estimate of drug-likeness (QED) is 0.893. The van der Waals surface area contributed by atoms with E-state index in [1.54, 1.807) is 0 Å². The number of halogens is 1. The van der Waals surface area contributed by atoms with Gasteiger partial charge in [0.25, 0.3) is 0 Å². The van der Waals surface area contributed by atoms with Gasteiger partial charge in [0.1, 0.15) is 0 Å². The normalized spacial score (nSPS) is 18.1. The van der Waals surface area contributed by atoms with E-state index in [4.69, 9.17) is 0 Å². The summed E-state index contributed by atoms with van der Waals surface area (Å²) in [5.74, 6) is 1.99. The van der Waals surface area contributed by atoms with Gasteiger partial charge in [-0.3, -0.25) is 8.89 Å². The van der Waals surface area contributed by atoms with Crippen molar-refractivity contribution in [3.63, 3.8) is 0 Å². The maximum absolute atomic E-state index is 12.1. The number of nitrogens with one attached hydrogen (secondary N) is 1. The van der Waals surface area contributed by atoms with Crippen LogP contribution in [0.5, 0.6) is 0 Å². The van der Waals surface area contributed by atoms with Crippen LogP contribution in [0.3, 0.4) is 0 Å². The molecule has 17 heavy (non-hydrogen) atoms. The van der Waals surface area contributed by atoms with E-state index in [2.05, 4.69) is 33.3 Å². The molecule has 0 bridgehead atoms. The maximum atomic E-state index is 12.1. The number of aromatic nitrogens is 2. The molecule has 0 amide bonds. The fraction of sp³-hybridized carbons (Fsp3) is 0.727. The summed E-state index contributed by atoms with van der Waals surface area (Å²) in [5, 5.41) is 7.63. The Kier molecular flexibility index (Phi) is 4.38. The van der Waals surface area contributed by atoms with Crippen LogP contribution in [0.1, 0.15) is 18.3 Å². The third-order valence-corrected chi connectivity index (χ3v) is 5.51. The zero-order valence-electron chi connectivity index (χ0n) is 10.2. The lowest BCUT2D eigenvalue weighted by molar-refractivity contribution is 0.382. The summed E-state index contributed by atoms with van der Waals surface area (Å²) in [6, 6.07) is 0. The van der Waals surface area contributed by atoms with E-state index in [1.165, 1.54) is 0 Å². The second kappa shape index (κ2) is 5.63. The van der Waals surface area contributed by atoms with Crippen LogP contribution in [0, 0.1) is 12.8 Å². The van der Waals surface area contributed by atoms with Crippen LogP contribution < -0.4 is 5.32 Å². The Labute approximate surface area is 113 Å². The third-order valence-electron chi connectivity index (χ3n) is 3.04. The largest absolute Gasteiger partial charge is 0.316 e. The number of rotatable bonds is 5. The Morgan fingerprint density at radius 2 is 2.29 bits per heavy atom. The second-order valence-electron chi connectivity index (χ2n) is 4.44. The Morgan fingerprint density at radius 1 is 1.59 bits per heavy atom. The van der Waals surface area contributed by atoms with Gasteiger partial charge in [-0.2, -0.15) is 5.10 Å². The zero-order chi connectivity index (χ0) is 12.4. The van der Waals surface area contributed by atoms with Crippen LogP contribution in [-0.4, -0.2) is 32.8 Å². The first-order valence-corrected chi connectivity index (χ1v) is 8.17. The Balaban J connectivity index is 2.03. The first kappa shape index (κ1) is 13.2. The molecule has 6 heteroatoms. The molecule has 1 fully saturated rings. The predicted octanol–water partition coefficient (Wildman–Crippen LogP) is 1.44. The molecule has 0 saturated carbocycles. The topological polar surface area (TPSA) is 46.9 Å². The van der Waals surface area contributed by atoms with E-state index in [-0.39, 0.29) is 0 Å². The van der Waals surface area contributed by atoms with Crippen molar-refractivity contribution >= 4 is 26.7 Å². The lowest BCUT2D eigenvalue weighted by atomic mass is 10.1. The number of nitrogens with zero attached hydrogens (tertiary/aromatic N) is 2. The zero-order valence-corrected chi connectivity index (χ0v) is 12.6. The van der Waals surface area contributed by atoms with Crippen molar-refractivity contribution in [2.24, 2.45) is 5.92 Å². The molecular formula is C11H18BrN3OS. The SMILES string of the molecule is CCn1nc(C)c(Br)c1CS(=O)CC1CNC1. The molecule has 0 spiro atoms. The minimum Gasteiger partial charge on any atom is -0.316 e. The van der Waals surface area contributed by atoms with Crippen molar-refractivity contribution in [1.29, 1.82) is 0 Å². The molecule has 1 N–H and O–H groups in total. The van der Waals surface area contributed by atoms with Gasteiger partial charge in [0, 0.05) is 36.2 Å². The molecule has 2 heterocycles. The molecular weight excluding hydrogens is 302 g/mol. The smallest absolute Gasteiger partial charge is 0.0739 e. The lowest BCUT2D eigenvalue weighted by Crippen LogP contribution is -2.44. The van der Waals surface area contributed by atoms with E-state index in [0.29, 0.717) is 11.7 Å². The van der Waals surface area contributed by atoms with Crippen LogP contribution in [0.2, 0.25) is 0 Å². The highest BCUT2D eigenvalue weighted by Crippen LogP contribution is 2.23. The highest BCUT2D eigenvalue weighted by molar-refractivity contribution is 9.10. The van der Waals surface area contributed by atoms with Gasteiger partial charge in [0.2, 0.25) is 0 Å². The van der Waals surface area contributed by atoms with E-state index in [0.717, 1.165) is 41.2 Å². The van der Waals surface area contributed by atoms with Crippen LogP contribution in [0.15, 0.2) is 4.47 Å². The predicted molar refractivity (Wildman–Crippen MR) is 73.4 cm³/mol. The second-order valence-corrected chi connectivity index (χ2v) is 6.73. The average Bonchev–Trinajstić information content (AvgIpc) is 2.51. The van der Waals surface area contributed by atoms with Crippen LogP contribution in [-0.2, 0) is 23.1 Å². The maximum Gasteiger partial charge on any atom is 0.0739 e. The molecule has 1 unspecified atom stereocenters. The van der Waals surface area contributed by atoms with Crippen molar-refractivity contribution in [2.75, 3.05) is 18.8 Å². The average molecular weight is 320 g/mol. The van der Waals surface area contributed by atoms with E-state index in [1.807, 2.05) is 11.6 Å². The lowest BCUT2D eigenvalue weighted by Gasteiger charge is -2.26. The summed E-state index contributed by atoms with van der Waals surface area (Å²) in [4.78, 5) is 0. The molecule has 1 aromatic heterocycles. The summed E-state index contributed by atoms with van der Waals surface area (Å²) in [7, 11) is -0.789. The molecule has 1 aliphatic rings. The summed E-state index contributed by atoms with van der Waals surface area (Å²) < 4.78 is 15.0. The van der Waals surface area contributed by atoms with Gasteiger partial charge in [-0.25, -0.2) is 0 Å². The molecule has 1 aromatic rings. The summed E-state index contributed by atoms with van der Waals surface area (Å²) in [5.41, 5.74) is 2.04. The minimum atomic E-state index is -0.789. The van der Waals surface area contributed by atoms with Crippen LogP contribution in [0.25, 0.3) is 0 Å². The Morgan fingerprint density at radius 3 is 2.82 bits per heavy atom. The van der Waals surface area contributed by atoms with Crippen molar-refractivity contribution in [3.05, 3.63) is 15.9 Å². The Hall–Kier alpha value is -0.200. The minimum absolute atomic E-state index is 0.591. The molecule has 0 aromatic carbocycles. The fourth-order valence-electron chi connectivity index (χ4n) is 1.95. The van der Waals surface area contributed by atoms with Gasteiger partial charge in [0.15, 0.2) is 0 Å². The van der Waals surface area contributed by atoms with E-state index < -0.39 is 10.8 Å². The number of aryl methyl sites for hydroxylation is 2. The molecule has 1 aliphatic heterocycles. The van der Waals surface area contributed by atoms with Crippen molar-refractivity contribution < 1.29 is 4.21 Å². The van der Waals surface area contributed by atoms with Crippen molar-refractivity contribution in [1.82, 2.24) is 15.1 Å². The molecule has 1 saturated heterocycles. The Bertz CT molecular complexity index is 429. The van der Waals surface area contributed by atoms with E-state index >= 15 is 0 Å². The number of hydrogen-bond acceptors (Lipinski definition) is 3. The highest BCUT2D eigenvalue weighted by Gasteiger charge is 2.21. The third kappa shape index (κ3) is 2.98. The molecule has 0 aliphatic carbocycles. The van der Waals surface area contributed by atoms with Crippen molar-refractivity contribution in [2.45, 2.75) is 26.1 Å². The monoisotopic (exact) mass is 319 g/mol. The van der Waals surface area contributed by atoms with Crippen molar-refractivity contribution in [3.8, 4) is 0 Å². The molecule has 1 atom stereocenters. The molecule has 2 rings (SSSR count). The summed E-state index contributed by atoms with van der Waals surface area (Å²) >= 11 is 3.54. The first-order chi connectivity index (χ1) is 8.11. The van der Waals surface area contributed by atoms with Crippen LogP contribution in [0.4, 0.5) is 0 Å². The number of hydrogen-bond donors (Lipinski definition) is 1. The summed E-state index contributed by atoms with van der Waals surface area (Å²) in [6.45, 7) is 6.88. The van der Waals surface area contributed by atoms with Gasteiger partial charge in [0.05, 0.1) is 21.6 Å². The molecule has 4 nitrogen and oxygen atoms in total.